The quantitative estimate of drug-likeness (QED) is 0.403. The molecule has 1 N–H and O–H groups in total. The lowest BCUT2D eigenvalue weighted by molar-refractivity contribution is 0.316. The summed E-state index contributed by atoms with van der Waals surface area (Å²) in [6.45, 7) is 6.60. The van der Waals surface area contributed by atoms with Crippen molar-refractivity contribution in [2.24, 2.45) is 10.6 Å². The van der Waals surface area contributed by atoms with E-state index < -0.39 is 0 Å². The van der Waals surface area contributed by atoms with Gasteiger partial charge in [-0.1, -0.05) is 32.0 Å². The van der Waals surface area contributed by atoms with Crippen molar-refractivity contribution in [3.63, 3.8) is 0 Å². The Morgan fingerprint density at radius 3 is 2.75 bits per heavy atom. The lowest BCUT2D eigenvalue weighted by Crippen LogP contribution is -2.17. The van der Waals surface area contributed by atoms with Gasteiger partial charge in [-0.05, 0) is 30.4 Å². The van der Waals surface area contributed by atoms with Crippen molar-refractivity contribution in [1.82, 2.24) is 19.7 Å². The third kappa shape index (κ3) is 3.63. The van der Waals surface area contributed by atoms with Gasteiger partial charge in [0, 0.05) is 5.69 Å². The number of hydrogen-bond acceptors (Lipinski definition) is 5. The summed E-state index contributed by atoms with van der Waals surface area (Å²) in [5.74, 6) is 0.264. The van der Waals surface area contributed by atoms with Crippen LogP contribution in [0.25, 0.3) is 0 Å². The molecule has 0 radical (unpaired) electrons. The Hall–Kier alpha value is -2.24. The van der Waals surface area contributed by atoms with Gasteiger partial charge in [0.15, 0.2) is 0 Å². The molecule has 0 aliphatic carbocycles. The summed E-state index contributed by atoms with van der Waals surface area (Å²) in [4.78, 5) is 8.36. The first-order chi connectivity index (χ1) is 9.49. The molecule has 0 saturated carbocycles. The molecule has 2 rings (SSSR count). The molecule has 6 heteroatoms. The lowest BCUT2D eigenvalue weighted by Gasteiger charge is -2.17. The Kier molecular flexibility index (Phi) is 4.12. The van der Waals surface area contributed by atoms with Gasteiger partial charge >= 0.3 is 0 Å². The van der Waals surface area contributed by atoms with Crippen LogP contribution in [0.3, 0.4) is 0 Å². The lowest BCUT2D eigenvalue weighted by atomic mass is 9.90. The molecule has 2 aromatic heterocycles. The molecule has 0 aliphatic rings. The number of oxime groups is 1. The molecule has 2 aromatic rings. The van der Waals surface area contributed by atoms with Crippen molar-refractivity contribution >= 4 is 5.84 Å². The summed E-state index contributed by atoms with van der Waals surface area (Å²) in [7, 11) is 0. The van der Waals surface area contributed by atoms with Crippen molar-refractivity contribution in [2.75, 3.05) is 0 Å². The molecule has 20 heavy (non-hydrogen) atoms. The van der Waals surface area contributed by atoms with E-state index in [9.17, 15) is 0 Å². The fourth-order valence-corrected chi connectivity index (χ4v) is 1.78. The van der Waals surface area contributed by atoms with Crippen molar-refractivity contribution < 1.29 is 5.21 Å². The van der Waals surface area contributed by atoms with Gasteiger partial charge in [-0.3, -0.25) is 0 Å². The van der Waals surface area contributed by atoms with Gasteiger partial charge in [-0.15, -0.1) is 0 Å². The predicted molar refractivity (Wildman–Crippen MR) is 75.8 cm³/mol. The minimum Gasteiger partial charge on any atom is -0.409 e. The molecule has 0 spiro atoms. The van der Waals surface area contributed by atoms with E-state index in [1.807, 2.05) is 12.1 Å². The van der Waals surface area contributed by atoms with Crippen LogP contribution in [-0.4, -0.2) is 30.8 Å². The van der Waals surface area contributed by atoms with Crippen LogP contribution >= 0.6 is 0 Å². The molecule has 0 atom stereocenters. The second kappa shape index (κ2) is 5.81. The zero-order valence-electron chi connectivity index (χ0n) is 12.0. The standard InChI is InChI=1S/C14H19N5O/c1-14(2,3)8-7-11-5-4-6-12(17-11)13(18-20)19-10-15-9-16-19/h4-6,9-10,20H,7-8H2,1-3H3/b18-13+. The topological polar surface area (TPSA) is 76.2 Å². The molecule has 0 aliphatic heterocycles. The number of rotatable bonds is 3. The minimum absolute atomic E-state index is 0.261. The SMILES string of the molecule is CC(C)(C)CCc1cccc(/C(=N\O)n2cncn2)n1. The van der Waals surface area contributed by atoms with E-state index in [2.05, 4.69) is 41.0 Å². The summed E-state index contributed by atoms with van der Waals surface area (Å²) >= 11 is 0. The second-order valence-corrected chi connectivity index (χ2v) is 5.84. The van der Waals surface area contributed by atoms with Gasteiger partial charge < -0.3 is 5.21 Å². The highest BCUT2D eigenvalue weighted by atomic mass is 16.4. The molecule has 106 valence electrons. The van der Waals surface area contributed by atoms with Crippen LogP contribution in [0, 0.1) is 5.41 Å². The van der Waals surface area contributed by atoms with Crippen molar-refractivity contribution in [2.45, 2.75) is 33.6 Å². The second-order valence-electron chi connectivity index (χ2n) is 5.84. The van der Waals surface area contributed by atoms with E-state index in [0.717, 1.165) is 18.5 Å². The molecule has 6 nitrogen and oxygen atoms in total. The average molecular weight is 273 g/mol. The Morgan fingerprint density at radius 2 is 2.15 bits per heavy atom. The van der Waals surface area contributed by atoms with E-state index >= 15 is 0 Å². The molecule has 0 saturated heterocycles. The minimum atomic E-state index is 0.261. The molecule has 0 fully saturated rings. The Morgan fingerprint density at radius 1 is 1.35 bits per heavy atom. The van der Waals surface area contributed by atoms with Crippen LogP contribution in [-0.2, 0) is 6.42 Å². The van der Waals surface area contributed by atoms with Gasteiger partial charge in [0.05, 0.1) is 0 Å². The van der Waals surface area contributed by atoms with Crippen molar-refractivity contribution in [1.29, 1.82) is 0 Å². The van der Waals surface area contributed by atoms with Gasteiger partial charge in [0.1, 0.15) is 18.3 Å². The maximum Gasteiger partial charge on any atom is 0.219 e. The molecule has 0 amide bonds. The van der Waals surface area contributed by atoms with Crippen LogP contribution in [0.15, 0.2) is 36.0 Å². The monoisotopic (exact) mass is 273 g/mol. The Bertz CT molecular complexity index is 584. The zero-order valence-corrected chi connectivity index (χ0v) is 12.0. The summed E-state index contributed by atoms with van der Waals surface area (Å²) in [5, 5.41) is 16.4. The van der Waals surface area contributed by atoms with E-state index in [-0.39, 0.29) is 11.3 Å². The molecular formula is C14H19N5O. The van der Waals surface area contributed by atoms with E-state index in [1.54, 1.807) is 6.07 Å². The Labute approximate surface area is 118 Å². The van der Waals surface area contributed by atoms with Gasteiger partial charge in [0.2, 0.25) is 5.84 Å². The normalized spacial score (nSPS) is 12.7. The summed E-state index contributed by atoms with van der Waals surface area (Å²) in [5.41, 5.74) is 1.81. The first-order valence-electron chi connectivity index (χ1n) is 6.53. The largest absolute Gasteiger partial charge is 0.409 e. The van der Waals surface area contributed by atoms with Crippen LogP contribution in [0.1, 0.15) is 38.6 Å². The van der Waals surface area contributed by atoms with Crippen molar-refractivity contribution in [3.05, 3.63) is 42.2 Å². The van der Waals surface area contributed by atoms with Crippen LogP contribution < -0.4 is 0 Å². The molecular weight excluding hydrogens is 254 g/mol. The molecule has 2 heterocycles. The maximum absolute atomic E-state index is 9.16. The number of hydrogen-bond donors (Lipinski definition) is 1. The van der Waals surface area contributed by atoms with E-state index in [1.165, 1.54) is 17.3 Å². The van der Waals surface area contributed by atoms with Gasteiger partial charge in [0.25, 0.3) is 0 Å². The van der Waals surface area contributed by atoms with E-state index in [4.69, 9.17) is 5.21 Å². The highest BCUT2D eigenvalue weighted by Gasteiger charge is 2.13. The highest BCUT2D eigenvalue weighted by Crippen LogP contribution is 2.20. The van der Waals surface area contributed by atoms with Crippen LogP contribution in [0.4, 0.5) is 0 Å². The maximum atomic E-state index is 9.16. The highest BCUT2D eigenvalue weighted by molar-refractivity contribution is 5.97. The first-order valence-corrected chi connectivity index (χ1v) is 6.53. The summed E-state index contributed by atoms with van der Waals surface area (Å²) in [6, 6.07) is 5.67. The van der Waals surface area contributed by atoms with Crippen molar-refractivity contribution in [3.8, 4) is 0 Å². The zero-order chi connectivity index (χ0) is 14.6. The third-order valence-electron chi connectivity index (χ3n) is 2.90. The van der Waals surface area contributed by atoms with Crippen LogP contribution in [0.5, 0.6) is 0 Å². The first kappa shape index (κ1) is 14.2. The molecule has 0 bridgehead atoms. The number of aryl methyl sites for hydroxylation is 1. The number of nitrogens with zero attached hydrogens (tertiary/aromatic N) is 5. The number of aromatic nitrogens is 4. The predicted octanol–water partition coefficient (Wildman–Crippen LogP) is 2.34. The third-order valence-corrected chi connectivity index (χ3v) is 2.90. The van der Waals surface area contributed by atoms with Gasteiger partial charge in [-0.2, -0.15) is 9.78 Å². The Balaban J connectivity index is 2.21. The van der Waals surface area contributed by atoms with Gasteiger partial charge in [-0.25, -0.2) is 9.97 Å². The number of pyridine rings is 1. The fourth-order valence-electron chi connectivity index (χ4n) is 1.78. The fraction of sp³-hybridized carbons (Fsp3) is 0.429. The average Bonchev–Trinajstić information content (AvgIpc) is 2.91. The van der Waals surface area contributed by atoms with E-state index in [0.29, 0.717) is 5.69 Å². The summed E-state index contributed by atoms with van der Waals surface area (Å²) < 4.78 is 1.38. The smallest absolute Gasteiger partial charge is 0.219 e. The summed E-state index contributed by atoms with van der Waals surface area (Å²) in [6.07, 6.45) is 4.78. The molecule has 0 unspecified atom stereocenters. The van der Waals surface area contributed by atoms with Crippen LogP contribution in [0.2, 0.25) is 0 Å². The molecule has 0 aromatic carbocycles.